The van der Waals surface area contributed by atoms with Crippen LogP contribution >= 0.6 is 11.8 Å². The zero-order valence-electron chi connectivity index (χ0n) is 11.2. The fraction of sp³-hybridized carbons (Fsp3) is 0.600. The third-order valence-electron chi connectivity index (χ3n) is 2.24. The largest absolute Gasteiger partial charge is 0.126 e. The maximum atomic E-state index is 2.29. The van der Waals surface area contributed by atoms with Gasteiger partial charge in [-0.15, -0.1) is 11.8 Å². The van der Waals surface area contributed by atoms with Crippen molar-refractivity contribution >= 4 is 11.8 Å². The van der Waals surface area contributed by atoms with Crippen LogP contribution in [0.2, 0.25) is 0 Å². The smallest absolute Gasteiger partial charge is 0.00722 e. The molecule has 0 unspecified atom stereocenters. The molecule has 90 valence electrons. The third kappa shape index (κ3) is 5.60. The van der Waals surface area contributed by atoms with E-state index in [9.17, 15) is 0 Å². The minimum atomic E-state index is 0.382. The first-order chi connectivity index (χ1) is 7.37. The van der Waals surface area contributed by atoms with Crippen molar-refractivity contribution in [3.63, 3.8) is 0 Å². The van der Waals surface area contributed by atoms with Crippen LogP contribution in [0.5, 0.6) is 0 Å². The van der Waals surface area contributed by atoms with Gasteiger partial charge in [0.1, 0.15) is 0 Å². The molecule has 0 saturated carbocycles. The number of hydrogen-bond donors (Lipinski definition) is 0. The summed E-state index contributed by atoms with van der Waals surface area (Å²) >= 11 is 1.96. The van der Waals surface area contributed by atoms with Gasteiger partial charge in [-0.3, -0.25) is 0 Å². The van der Waals surface area contributed by atoms with Crippen molar-refractivity contribution in [2.45, 2.75) is 45.9 Å². The van der Waals surface area contributed by atoms with Crippen molar-refractivity contribution in [3.8, 4) is 0 Å². The summed E-state index contributed by atoms with van der Waals surface area (Å²) in [5, 5.41) is 0. The Hall–Kier alpha value is -0.430. The summed E-state index contributed by atoms with van der Waals surface area (Å²) in [6.45, 7) is 11.4. The molecule has 16 heavy (non-hydrogen) atoms. The van der Waals surface area contributed by atoms with E-state index in [1.165, 1.54) is 16.2 Å². The van der Waals surface area contributed by atoms with E-state index in [1.54, 1.807) is 0 Å². The average Bonchev–Trinajstić information content (AvgIpc) is 2.14. The fourth-order valence-electron chi connectivity index (χ4n) is 1.58. The lowest BCUT2D eigenvalue weighted by Crippen LogP contribution is -2.08. The van der Waals surface area contributed by atoms with Gasteiger partial charge in [0, 0.05) is 10.6 Å². The highest BCUT2D eigenvalue weighted by molar-refractivity contribution is 7.99. The Morgan fingerprint density at radius 1 is 1.06 bits per heavy atom. The predicted octanol–water partition coefficient (Wildman–Crippen LogP) is 5.02. The van der Waals surface area contributed by atoms with Gasteiger partial charge in [0.25, 0.3) is 0 Å². The van der Waals surface area contributed by atoms with Gasteiger partial charge >= 0.3 is 0 Å². The Labute approximate surface area is 105 Å². The Bertz CT molecular complexity index is 303. The highest BCUT2D eigenvalue weighted by Gasteiger charge is 2.10. The van der Waals surface area contributed by atoms with E-state index in [4.69, 9.17) is 0 Å². The molecule has 0 radical (unpaired) electrons. The van der Waals surface area contributed by atoms with Crippen LogP contribution in [0.3, 0.4) is 0 Å². The second kappa shape index (κ2) is 5.77. The van der Waals surface area contributed by atoms with Crippen LogP contribution in [0.4, 0.5) is 0 Å². The molecular weight excluding hydrogens is 212 g/mol. The van der Waals surface area contributed by atoms with E-state index in [0.29, 0.717) is 5.41 Å². The molecule has 0 nitrogen and oxygen atoms in total. The summed E-state index contributed by atoms with van der Waals surface area (Å²) in [6, 6.07) is 9.06. The monoisotopic (exact) mass is 236 g/mol. The van der Waals surface area contributed by atoms with Crippen molar-refractivity contribution < 1.29 is 0 Å². The zero-order valence-corrected chi connectivity index (χ0v) is 12.0. The minimum absolute atomic E-state index is 0.382. The van der Waals surface area contributed by atoms with Gasteiger partial charge in [-0.05, 0) is 35.4 Å². The number of benzene rings is 1. The van der Waals surface area contributed by atoms with Crippen LogP contribution < -0.4 is 0 Å². The van der Waals surface area contributed by atoms with Crippen molar-refractivity contribution in [1.29, 1.82) is 0 Å². The predicted molar refractivity (Wildman–Crippen MR) is 75.2 cm³/mol. The van der Waals surface area contributed by atoms with Crippen LogP contribution in [-0.4, -0.2) is 5.75 Å². The average molecular weight is 236 g/mol. The highest BCUT2D eigenvalue weighted by atomic mass is 32.2. The summed E-state index contributed by atoms with van der Waals surface area (Å²) in [6.07, 6.45) is 1.15. The Morgan fingerprint density at radius 2 is 1.62 bits per heavy atom. The lowest BCUT2D eigenvalue weighted by Gasteiger charge is -2.18. The maximum absolute atomic E-state index is 2.29. The molecule has 0 amide bonds. The Morgan fingerprint density at radius 3 is 2.06 bits per heavy atom. The molecule has 1 rings (SSSR count). The molecule has 0 aromatic heterocycles. The molecule has 0 aliphatic rings. The number of hydrogen-bond acceptors (Lipinski definition) is 1. The van der Waals surface area contributed by atoms with Crippen molar-refractivity contribution in [2.24, 2.45) is 11.3 Å². The molecule has 1 aromatic rings. The quantitative estimate of drug-likeness (QED) is 0.661. The topological polar surface area (TPSA) is 0 Å². The lowest BCUT2D eigenvalue weighted by atomic mass is 9.88. The first kappa shape index (κ1) is 13.6. The molecular formula is C15H24S. The van der Waals surface area contributed by atoms with Gasteiger partial charge in [-0.25, -0.2) is 0 Å². The molecule has 0 aliphatic carbocycles. The minimum Gasteiger partial charge on any atom is -0.126 e. The van der Waals surface area contributed by atoms with E-state index >= 15 is 0 Å². The van der Waals surface area contributed by atoms with E-state index in [1.807, 2.05) is 11.8 Å². The second-order valence-corrected chi connectivity index (χ2v) is 7.18. The second-order valence-electron chi connectivity index (χ2n) is 6.09. The summed E-state index contributed by atoms with van der Waals surface area (Å²) in [4.78, 5) is 1.39. The van der Waals surface area contributed by atoms with Crippen molar-refractivity contribution in [2.75, 3.05) is 5.75 Å². The van der Waals surface area contributed by atoms with Crippen LogP contribution in [-0.2, 0) is 6.42 Å². The first-order valence-electron chi connectivity index (χ1n) is 6.08. The first-order valence-corrected chi connectivity index (χ1v) is 7.07. The highest BCUT2D eigenvalue weighted by Crippen LogP contribution is 2.24. The SMILES string of the molecule is CC(C)CSc1ccc(CC(C)(C)C)cc1. The lowest BCUT2D eigenvalue weighted by molar-refractivity contribution is 0.411. The van der Waals surface area contributed by atoms with Gasteiger partial charge in [0.05, 0.1) is 0 Å². The molecule has 0 atom stereocenters. The molecule has 1 heteroatoms. The van der Waals surface area contributed by atoms with Crippen LogP contribution in [0.1, 0.15) is 40.2 Å². The molecule has 0 N–H and O–H groups in total. The van der Waals surface area contributed by atoms with Gasteiger partial charge in [0.2, 0.25) is 0 Å². The molecule has 1 aromatic carbocycles. The molecule has 0 fully saturated rings. The Kier molecular flexibility index (Phi) is 4.91. The summed E-state index contributed by atoms with van der Waals surface area (Å²) in [5.41, 5.74) is 1.83. The van der Waals surface area contributed by atoms with Gasteiger partial charge in [0.15, 0.2) is 0 Å². The van der Waals surface area contributed by atoms with E-state index < -0.39 is 0 Å². The summed E-state index contributed by atoms with van der Waals surface area (Å²) in [5.74, 6) is 1.97. The van der Waals surface area contributed by atoms with Crippen LogP contribution in [0.25, 0.3) is 0 Å². The van der Waals surface area contributed by atoms with Crippen LogP contribution in [0.15, 0.2) is 29.2 Å². The van der Waals surface area contributed by atoms with Gasteiger partial charge < -0.3 is 0 Å². The maximum Gasteiger partial charge on any atom is 0.00722 e. The van der Waals surface area contributed by atoms with Crippen molar-refractivity contribution in [3.05, 3.63) is 29.8 Å². The van der Waals surface area contributed by atoms with Crippen molar-refractivity contribution in [1.82, 2.24) is 0 Å². The third-order valence-corrected chi connectivity index (χ3v) is 3.68. The Balaban J connectivity index is 2.54. The van der Waals surface area contributed by atoms with E-state index in [0.717, 1.165) is 12.3 Å². The fourth-order valence-corrected chi connectivity index (χ4v) is 2.43. The molecule has 0 spiro atoms. The standard InChI is InChI=1S/C15H24S/c1-12(2)11-16-14-8-6-13(7-9-14)10-15(3,4)5/h6-9,12H,10-11H2,1-5H3. The number of thioether (sulfide) groups is 1. The molecule has 0 aliphatic heterocycles. The summed E-state index contributed by atoms with van der Waals surface area (Å²) in [7, 11) is 0. The van der Waals surface area contributed by atoms with Gasteiger partial charge in [-0.1, -0.05) is 46.8 Å². The van der Waals surface area contributed by atoms with Gasteiger partial charge in [-0.2, -0.15) is 0 Å². The molecule has 0 heterocycles. The summed E-state index contributed by atoms with van der Waals surface area (Å²) < 4.78 is 0. The molecule has 0 bridgehead atoms. The molecule has 0 saturated heterocycles. The van der Waals surface area contributed by atoms with E-state index in [-0.39, 0.29) is 0 Å². The number of rotatable bonds is 4. The normalized spacial score (nSPS) is 12.1. The van der Waals surface area contributed by atoms with Crippen LogP contribution in [0, 0.1) is 11.3 Å². The van der Waals surface area contributed by atoms with E-state index in [2.05, 4.69) is 58.9 Å². The zero-order chi connectivity index (χ0) is 12.2.